The van der Waals surface area contributed by atoms with Crippen molar-refractivity contribution in [1.29, 1.82) is 0 Å². The van der Waals surface area contributed by atoms with Crippen LogP contribution in [0.5, 0.6) is 0 Å². The van der Waals surface area contributed by atoms with Crippen molar-refractivity contribution in [2.45, 2.75) is 12.8 Å². The lowest BCUT2D eigenvalue weighted by atomic mass is 10.1. The van der Waals surface area contributed by atoms with Gasteiger partial charge in [-0.1, -0.05) is 13.0 Å². The molecule has 0 aliphatic heterocycles. The molecule has 6 heteroatoms. The van der Waals surface area contributed by atoms with E-state index in [0.717, 1.165) is 27.3 Å². The molecule has 104 valence electrons. The number of nitrogens with zero attached hydrogens (tertiary/aromatic N) is 1. The fourth-order valence-electron chi connectivity index (χ4n) is 2.16. The van der Waals surface area contributed by atoms with Crippen LogP contribution in [0.3, 0.4) is 0 Å². The number of benzene rings is 1. The summed E-state index contributed by atoms with van der Waals surface area (Å²) in [6.45, 7) is 2.76. The molecule has 0 aliphatic rings. The van der Waals surface area contributed by atoms with Crippen LogP contribution in [0.4, 0.5) is 0 Å². The monoisotopic (exact) mass is 289 g/mol. The first-order valence-electron chi connectivity index (χ1n) is 6.34. The molecule has 2 heterocycles. The molecule has 20 heavy (non-hydrogen) atoms. The van der Waals surface area contributed by atoms with E-state index in [1.165, 1.54) is 0 Å². The molecule has 1 aromatic carbocycles. The Hall–Kier alpha value is -1.92. The van der Waals surface area contributed by atoms with Crippen molar-refractivity contribution in [3.05, 3.63) is 39.1 Å². The lowest BCUT2D eigenvalue weighted by Crippen LogP contribution is -2.01. The topological polar surface area (TPSA) is 70.8 Å². The van der Waals surface area contributed by atoms with Gasteiger partial charge in [0, 0.05) is 24.0 Å². The van der Waals surface area contributed by atoms with Crippen LogP contribution in [0, 0.1) is 0 Å². The largest absolute Gasteiger partial charge is 0.384 e. The Morgan fingerprint density at radius 1 is 1.35 bits per heavy atom. The molecule has 0 saturated heterocycles. The van der Waals surface area contributed by atoms with Crippen molar-refractivity contribution < 1.29 is 4.74 Å². The summed E-state index contributed by atoms with van der Waals surface area (Å²) < 4.78 is 5.16. The molecule has 2 N–H and O–H groups in total. The second-order valence-electron chi connectivity index (χ2n) is 4.77. The molecule has 1 unspecified atom stereocenters. The van der Waals surface area contributed by atoms with Crippen LogP contribution in [0.1, 0.15) is 17.8 Å². The van der Waals surface area contributed by atoms with E-state index in [1.807, 2.05) is 23.6 Å². The minimum absolute atomic E-state index is 0.190. The number of rotatable bonds is 4. The van der Waals surface area contributed by atoms with Crippen molar-refractivity contribution in [3.8, 4) is 11.3 Å². The summed E-state index contributed by atoms with van der Waals surface area (Å²) in [5, 5.41) is 3.09. The molecule has 3 rings (SSSR count). The highest BCUT2D eigenvalue weighted by Gasteiger charge is 2.12. The number of H-pyrrole nitrogens is 2. The van der Waals surface area contributed by atoms with Crippen LogP contribution in [0.25, 0.3) is 22.3 Å². The van der Waals surface area contributed by atoms with Crippen LogP contribution in [-0.4, -0.2) is 28.7 Å². The number of thiazole rings is 1. The predicted octanol–water partition coefficient (Wildman–Crippen LogP) is 2.73. The first kappa shape index (κ1) is 13.1. The number of fused-ring (bicyclic) bond motifs is 1. The molecule has 0 saturated carbocycles. The summed E-state index contributed by atoms with van der Waals surface area (Å²) in [5.74, 6) is 0.287. The number of methoxy groups -OCH3 is 1. The van der Waals surface area contributed by atoms with Crippen LogP contribution < -0.4 is 5.69 Å². The number of imidazole rings is 1. The van der Waals surface area contributed by atoms with Gasteiger partial charge in [0.05, 0.1) is 28.3 Å². The second kappa shape index (κ2) is 5.22. The van der Waals surface area contributed by atoms with Gasteiger partial charge in [-0.3, -0.25) is 0 Å². The fourth-order valence-corrected chi connectivity index (χ4v) is 3.03. The highest BCUT2D eigenvalue weighted by atomic mass is 32.1. The van der Waals surface area contributed by atoms with E-state index in [9.17, 15) is 4.79 Å². The SMILES string of the molecule is COCC(C)c1nc(-c2ccc3[nH]c(=O)[nH]c3c2)cs1. The smallest absolute Gasteiger partial charge is 0.323 e. The molecule has 0 radical (unpaired) electrons. The molecule has 0 spiro atoms. The van der Waals surface area contributed by atoms with Gasteiger partial charge >= 0.3 is 5.69 Å². The van der Waals surface area contributed by atoms with Gasteiger partial charge in [0.15, 0.2) is 0 Å². The highest BCUT2D eigenvalue weighted by molar-refractivity contribution is 7.10. The number of hydrogen-bond acceptors (Lipinski definition) is 4. The third-order valence-corrected chi connectivity index (χ3v) is 4.25. The zero-order valence-corrected chi connectivity index (χ0v) is 12.1. The normalized spacial score (nSPS) is 12.9. The van der Waals surface area contributed by atoms with Crippen LogP contribution in [0.15, 0.2) is 28.4 Å². The summed E-state index contributed by atoms with van der Waals surface area (Å²) in [6, 6.07) is 5.79. The quantitative estimate of drug-likeness (QED) is 0.775. The fraction of sp³-hybridized carbons (Fsp3) is 0.286. The number of aromatic nitrogens is 3. The molecule has 1 atom stereocenters. The molecule has 3 aromatic rings. The zero-order chi connectivity index (χ0) is 14.1. The molecule has 2 aromatic heterocycles. The van der Waals surface area contributed by atoms with Gasteiger partial charge in [-0.05, 0) is 12.1 Å². The lowest BCUT2D eigenvalue weighted by Gasteiger charge is -2.05. The van der Waals surface area contributed by atoms with E-state index < -0.39 is 0 Å². The zero-order valence-electron chi connectivity index (χ0n) is 11.3. The van der Waals surface area contributed by atoms with E-state index in [2.05, 4.69) is 21.9 Å². The maximum Gasteiger partial charge on any atom is 0.323 e. The Kier molecular flexibility index (Phi) is 3.42. The van der Waals surface area contributed by atoms with Crippen LogP contribution >= 0.6 is 11.3 Å². The van der Waals surface area contributed by atoms with Gasteiger partial charge in [-0.15, -0.1) is 11.3 Å². The molecule has 0 fully saturated rings. The summed E-state index contributed by atoms with van der Waals surface area (Å²) >= 11 is 1.63. The Labute approximate surface area is 119 Å². The number of hydrogen-bond donors (Lipinski definition) is 2. The van der Waals surface area contributed by atoms with Gasteiger partial charge in [0.25, 0.3) is 0 Å². The van der Waals surface area contributed by atoms with Crippen LogP contribution in [-0.2, 0) is 4.74 Å². The third-order valence-electron chi connectivity index (χ3n) is 3.17. The minimum Gasteiger partial charge on any atom is -0.384 e. The van der Waals surface area contributed by atoms with Crippen molar-refractivity contribution in [2.75, 3.05) is 13.7 Å². The predicted molar refractivity (Wildman–Crippen MR) is 80.3 cm³/mol. The number of aromatic amines is 2. The molecular weight excluding hydrogens is 274 g/mol. The van der Waals surface area contributed by atoms with E-state index in [0.29, 0.717) is 6.61 Å². The van der Waals surface area contributed by atoms with Crippen LogP contribution in [0.2, 0.25) is 0 Å². The average molecular weight is 289 g/mol. The highest BCUT2D eigenvalue weighted by Crippen LogP contribution is 2.27. The van der Waals surface area contributed by atoms with Gasteiger partial charge in [-0.25, -0.2) is 9.78 Å². The molecule has 0 aliphatic carbocycles. The Morgan fingerprint density at radius 3 is 2.95 bits per heavy atom. The van der Waals surface area contributed by atoms with Gasteiger partial charge in [0.2, 0.25) is 0 Å². The molecule has 0 bridgehead atoms. The Morgan fingerprint density at radius 2 is 2.15 bits per heavy atom. The first-order valence-corrected chi connectivity index (χ1v) is 7.22. The summed E-state index contributed by atoms with van der Waals surface area (Å²) in [7, 11) is 1.70. The molecular formula is C14H15N3O2S. The molecule has 0 amide bonds. The van der Waals surface area contributed by atoms with E-state index in [4.69, 9.17) is 4.74 Å². The average Bonchev–Trinajstić information content (AvgIpc) is 3.02. The summed E-state index contributed by atoms with van der Waals surface area (Å²) in [6.07, 6.45) is 0. The lowest BCUT2D eigenvalue weighted by molar-refractivity contribution is 0.184. The standard InChI is InChI=1S/C14H15N3O2S/c1-8(6-19-2)13-15-12(7-20-13)9-3-4-10-11(5-9)17-14(18)16-10/h3-5,7-8H,6H2,1-2H3,(H2,16,17,18). The van der Waals surface area contributed by atoms with Crippen molar-refractivity contribution in [1.82, 2.24) is 15.0 Å². The minimum atomic E-state index is -0.190. The van der Waals surface area contributed by atoms with E-state index in [1.54, 1.807) is 18.4 Å². The Balaban J connectivity index is 1.96. The maximum atomic E-state index is 11.3. The third kappa shape index (κ3) is 2.39. The molecule has 5 nitrogen and oxygen atoms in total. The van der Waals surface area contributed by atoms with Gasteiger partial charge in [-0.2, -0.15) is 0 Å². The van der Waals surface area contributed by atoms with E-state index >= 15 is 0 Å². The second-order valence-corrected chi connectivity index (χ2v) is 5.66. The number of nitrogens with one attached hydrogen (secondary N) is 2. The van der Waals surface area contributed by atoms with E-state index in [-0.39, 0.29) is 11.6 Å². The number of ether oxygens (including phenoxy) is 1. The van der Waals surface area contributed by atoms with Crippen molar-refractivity contribution in [2.24, 2.45) is 0 Å². The van der Waals surface area contributed by atoms with Gasteiger partial charge < -0.3 is 14.7 Å². The Bertz CT molecular complexity index is 787. The first-order chi connectivity index (χ1) is 9.67. The summed E-state index contributed by atoms with van der Waals surface area (Å²) in [4.78, 5) is 21.4. The van der Waals surface area contributed by atoms with Crippen molar-refractivity contribution >= 4 is 22.4 Å². The summed E-state index contributed by atoms with van der Waals surface area (Å²) in [5.41, 5.74) is 3.34. The van der Waals surface area contributed by atoms with Gasteiger partial charge in [0.1, 0.15) is 0 Å². The maximum absolute atomic E-state index is 11.3. The van der Waals surface area contributed by atoms with Crippen molar-refractivity contribution in [3.63, 3.8) is 0 Å².